The van der Waals surface area contributed by atoms with Crippen molar-refractivity contribution in [1.82, 2.24) is 4.98 Å². The van der Waals surface area contributed by atoms with E-state index in [0.717, 1.165) is 37.9 Å². The van der Waals surface area contributed by atoms with Crippen LogP contribution in [-0.4, -0.2) is 38.3 Å². The molecule has 0 atom stereocenters. The Hall–Kier alpha value is -0.560. The number of ether oxygens (including phenoxy) is 1. The van der Waals surface area contributed by atoms with Gasteiger partial charge in [-0.25, -0.2) is 4.98 Å². The molecule has 1 fully saturated rings. The molecule has 4 nitrogen and oxygen atoms in total. The zero-order valence-electron chi connectivity index (χ0n) is 8.66. The highest BCUT2D eigenvalue weighted by molar-refractivity contribution is 14.1. The number of morpholine rings is 1. The predicted octanol–water partition coefficient (Wildman–Crippen LogP) is 1.56. The maximum atomic E-state index is 5.32. The normalized spacial score (nSPS) is 16.5. The highest BCUT2D eigenvalue weighted by Crippen LogP contribution is 2.19. The lowest BCUT2D eigenvalue weighted by molar-refractivity contribution is 0.122. The Morgan fingerprint density at radius 2 is 2.13 bits per heavy atom. The van der Waals surface area contributed by atoms with Crippen LogP contribution in [0.3, 0.4) is 0 Å². The fourth-order valence-corrected chi connectivity index (χ4v) is 2.14. The topological polar surface area (TPSA) is 37.4 Å². The second-order valence-corrected chi connectivity index (χ2v) is 4.62. The highest BCUT2D eigenvalue weighted by atomic mass is 127. The van der Waals surface area contributed by atoms with Crippen molar-refractivity contribution in [3.63, 3.8) is 0 Å². The van der Waals surface area contributed by atoms with Gasteiger partial charge in [-0.1, -0.05) is 0 Å². The maximum Gasteiger partial charge on any atom is 0.132 e. The van der Waals surface area contributed by atoms with Crippen LogP contribution in [0.4, 0.5) is 11.6 Å². The Bertz CT molecular complexity index is 339. The molecule has 15 heavy (non-hydrogen) atoms. The second-order valence-electron chi connectivity index (χ2n) is 3.38. The van der Waals surface area contributed by atoms with Crippen LogP contribution in [0.5, 0.6) is 0 Å². The number of rotatable bonds is 2. The van der Waals surface area contributed by atoms with Crippen LogP contribution in [0.25, 0.3) is 0 Å². The first-order valence-corrected chi connectivity index (χ1v) is 6.05. The third-order valence-electron chi connectivity index (χ3n) is 2.37. The van der Waals surface area contributed by atoms with Gasteiger partial charge in [-0.3, -0.25) is 0 Å². The molecule has 0 aliphatic carbocycles. The lowest BCUT2D eigenvalue weighted by atomic mass is 10.3. The van der Waals surface area contributed by atoms with E-state index in [0.29, 0.717) is 0 Å². The lowest BCUT2D eigenvalue weighted by Crippen LogP contribution is -2.36. The average Bonchev–Trinajstić information content (AvgIpc) is 2.29. The van der Waals surface area contributed by atoms with Gasteiger partial charge >= 0.3 is 0 Å². The van der Waals surface area contributed by atoms with Crippen LogP contribution >= 0.6 is 22.6 Å². The number of hydrogen-bond donors (Lipinski definition) is 1. The van der Waals surface area contributed by atoms with E-state index in [4.69, 9.17) is 4.74 Å². The molecule has 0 spiro atoms. The van der Waals surface area contributed by atoms with Crippen molar-refractivity contribution in [3.05, 3.63) is 15.7 Å². The Labute approximate surface area is 103 Å². The van der Waals surface area contributed by atoms with Crippen molar-refractivity contribution >= 4 is 34.2 Å². The number of nitrogens with zero attached hydrogens (tertiary/aromatic N) is 2. The van der Waals surface area contributed by atoms with Crippen molar-refractivity contribution in [1.29, 1.82) is 0 Å². The predicted molar refractivity (Wildman–Crippen MR) is 69.5 cm³/mol. The van der Waals surface area contributed by atoms with Gasteiger partial charge in [0, 0.05) is 23.7 Å². The van der Waals surface area contributed by atoms with Gasteiger partial charge in [0.05, 0.1) is 13.2 Å². The highest BCUT2D eigenvalue weighted by Gasteiger charge is 2.13. The summed E-state index contributed by atoms with van der Waals surface area (Å²) in [7, 11) is 1.89. The van der Waals surface area contributed by atoms with E-state index < -0.39 is 0 Å². The summed E-state index contributed by atoms with van der Waals surface area (Å²) in [4.78, 5) is 6.79. The number of halogens is 1. The number of anilines is 2. The minimum absolute atomic E-state index is 0.794. The van der Waals surface area contributed by atoms with E-state index >= 15 is 0 Å². The van der Waals surface area contributed by atoms with E-state index in [1.54, 1.807) is 0 Å². The molecular formula is C10H14IN3O. The molecule has 1 aliphatic heterocycles. The Morgan fingerprint density at radius 3 is 2.80 bits per heavy atom. The number of hydrogen-bond acceptors (Lipinski definition) is 4. The van der Waals surface area contributed by atoms with Crippen molar-refractivity contribution in [2.45, 2.75) is 0 Å². The lowest BCUT2D eigenvalue weighted by Gasteiger charge is -2.28. The molecule has 2 heterocycles. The van der Waals surface area contributed by atoms with Gasteiger partial charge in [-0.15, -0.1) is 0 Å². The zero-order valence-corrected chi connectivity index (χ0v) is 10.8. The van der Waals surface area contributed by atoms with E-state index in [1.165, 1.54) is 3.57 Å². The summed E-state index contributed by atoms with van der Waals surface area (Å²) in [6, 6.07) is 4.14. The molecule has 2 rings (SSSR count). The van der Waals surface area contributed by atoms with E-state index in [1.807, 2.05) is 13.1 Å². The van der Waals surface area contributed by atoms with Gasteiger partial charge in [-0.2, -0.15) is 0 Å². The van der Waals surface area contributed by atoms with Gasteiger partial charge in [0.2, 0.25) is 0 Å². The van der Waals surface area contributed by atoms with Gasteiger partial charge in [0.1, 0.15) is 11.6 Å². The fraction of sp³-hybridized carbons (Fsp3) is 0.500. The van der Waals surface area contributed by atoms with Gasteiger partial charge in [0.25, 0.3) is 0 Å². The third kappa shape index (κ3) is 2.72. The first-order chi connectivity index (χ1) is 7.29. The monoisotopic (exact) mass is 319 g/mol. The minimum Gasteiger partial charge on any atom is -0.378 e. The van der Waals surface area contributed by atoms with Gasteiger partial charge < -0.3 is 15.0 Å². The molecule has 0 unspecified atom stereocenters. The van der Waals surface area contributed by atoms with Crippen LogP contribution in [0, 0.1) is 3.57 Å². The molecular weight excluding hydrogens is 305 g/mol. The minimum atomic E-state index is 0.794. The summed E-state index contributed by atoms with van der Waals surface area (Å²) in [5.41, 5.74) is 0. The fourth-order valence-electron chi connectivity index (χ4n) is 1.57. The Morgan fingerprint density at radius 1 is 1.40 bits per heavy atom. The van der Waals surface area contributed by atoms with Crippen LogP contribution in [0.1, 0.15) is 0 Å². The Balaban J connectivity index is 2.22. The van der Waals surface area contributed by atoms with Crippen LogP contribution < -0.4 is 10.2 Å². The summed E-state index contributed by atoms with van der Waals surface area (Å²) in [5, 5.41) is 3.07. The van der Waals surface area contributed by atoms with Gasteiger partial charge in [0.15, 0.2) is 0 Å². The number of aromatic nitrogens is 1. The Kier molecular flexibility index (Phi) is 3.63. The smallest absolute Gasteiger partial charge is 0.132 e. The van der Waals surface area contributed by atoms with Crippen LogP contribution in [-0.2, 0) is 4.74 Å². The summed E-state index contributed by atoms with van der Waals surface area (Å²) in [5.74, 6) is 1.96. The third-order valence-corrected chi connectivity index (χ3v) is 2.99. The molecule has 1 aromatic heterocycles. The molecule has 0 amide bonds. The van der Waals surface area contributed by atoms with E-state index in [9.17, 15) is 0 Å². The number of nitrogens with one attached hydrogen (secondary N) is 1. The molecule has 0 bridgehead atoms. The molecule has 1 N–H and O–H groups in total. The first kappa shape index (κ1) is 10.9. The molecule has 1 aromatic rings. The second kappa shape index (κ2) is 4.98. The SMILES string of the molecule is CNc1cc(I)cc(N2CCOCC2)n1. The molecule has 0 aromatic carbocycles. The summed E-state index contributed by atoms with van der Waals surface area (Å²) < 4.78 is 6.52. The maximum absolute atomic E-state index is 5.32. The summed E-state index contributed by atoms with van der Waals surface area (Å²) in [6.45, 7) is 3.44. The van der Waals surface area contributed by atoms with Crippen molar-refractivity contribution < 1.29 is 4.74 Å². The van der Waals surface area contributed by atoms with Crippen LogP contribution in [0.2, 0.25) is 0 Å². The molecule has 5 heteroatoms. The van der Waals surface area contributed by atoms with Crippen molar-refractivity contribution in [2.24, 2.45) is 0 Å². The summed E-state index contributed by atoms with van der Waals surface area (Å²) in [6.07, 6.45) is 0. The zero-order chi connectivity index (χ0) is 10.7. The molecule has 1 aliphatic rings. The first-order valence-electron chi connectivity index (χ1n) is 4.97. The van der Waals surface area contributed by atoms with Gasteiger partial charge in [-0.05, 0) is 34.7 Å². The van der Waals surface area contributed by atoms with Crippen molar-refractivity contribution in [2.75, 3.05) is 43.6 Å². The van der Waals surface area contributed by atoms with E-state index in [2.05, 4.69) is 43.9 Å². The van der Waals surface area contributed by atoms with E-state index in [-0.39, 0.29) is 0 Å². The number of pyridine rings is 1. The molecule has 1 saturated heterocycles. The molecule has 0 radical (unpaired) electrons. The molecule has 82 valence electrons. The average molecular weight is 319 g/mol. The quantitative estimate of drug-likeness (QED) is 0.840. The molecule has 0 saturated carbocycles. The summed E-state index contributed by atoms with van der Waals surface area (Å²) >= 11 is 2.31. The van der Waals surface area contributed by atoms with Crippen LogP contribution in [0.15, 0.2) is 12.1 Å². The van der Waals surface area contributed by atoms with Crippen molar-refractivity contribution in [3.8, 4) is 0 Å². The largest absolute Gasteiger partial charge is 0.378 e. The standard InChI is InChI=1S/C10H14IN3O/c1-12-9-6-8(11)7-10(13-9)14-2-4-15-5-3-14/h6-7H,2-5H2,1H3,(H,12,13).